The smallest absolute Gasteiger partial charge is 0.435 e. The summed E-state index contributed by atoms with van der Waals surface area (Å²) in [6.07, 6.45) is -10.2. The van der Waals surface area contributed by atoms with Gasteiger partial charge in [-0.3, -0.25) is 4.68 Å². The van der Waals surface area contributed by atoms with Crippen LogP contribution in [-0.4, -0.2) is 14.9 Å². The number of rotatable bonds is 5. The lowest BCUT2D eigenvalue weighted by atomic mass is 9.96. The highest BCUT2D eigenvalue weighted by Gasteiger charge is 2.41. The van der Waals surface area contributed by atoms with Gasteiger partial charge in [0, 0.05) is 29.3 Å². The van der Waals surface area contributed by atoms with Gasteiger partial charge in [-0.2, -0.15) is 31.4 Å². The molecule has 0 aliphatic heterocycles. The second-order valence-electron chi connectivity index (χ2n) is 7.98. The van der Waals surface area contributed by atoms with Crippen molar-refractivity contribution in [3.8, 4) is 33.9 Å². The summed E-state index contributed by atoms with van der Waals surface area (Å²) in [5, 5.41) is 14.6. The summed E-state index contributed by atoms with van der Waals surface area (Å²) >= 11 is 5.84. The Balaban J connectivity index is 1.80. The highest BCUT2D eigenvalue weighted by molar-refractivity contribution is 6.30. The number of benzene rings is 3. The Morgan fingerprint density at radius 3 is 2.19 bits per heavy atom. The van der Waals surface area contributed by atoms with Crippen molar-refractivity contribution < 1.29 is 40.6 Å². The van der Waals surface area contributed by atoms with Crippen LogP contribution in [0.1, 0.15) is 16.8 Å². The van der Waals surface area contributed by atoms with Crippen LogP contribution in [0.15, 0.2) is 60.7 Å². The molecule has 0 radical (unpaired) electrons. The zero-order valence-electron chi connectivity index (χ0n) is 18.8. The van der Waals surface area contributed by atoms with E-state index < -0.39 is 46.3 Å². The van der Waals surface area contributed by atoms with Gasteiger partial charge in [-0.25, -0.2) is 4.39 Å². The van der Waals surface area contributed by atoms with Gasteiger partial charge in [0.15, 0.2) is 5.69 Å². The average molecular weight is 545 g/mol. The molecule has 4 aromatic rings. The van der Waals surface area contributed by atoms with Crippen LogP contribution >= 0.6 is 11.6 Å². The summed E-state index contributed by atoms with van der Waals surface area (Å²) in [6.45, 7) is 0.0982. The van der Waals surface area contributed by atoms with E-state index >= 15 is 0 Å². The van der Waals surface area contributed by atoms with Crippen molar-refractivity contribution in [3.05, 3.63) is 88.3 Å². The topological polar surface area (TPSA) is 47.3 Å². The Kier molecular flexibility index (Phi) is 6.85. The van der Waals surface area contributed by atoms with Crippen LogP contribution in [0.2, 0.25) is 5.02 Å². The number of ether oxygens (including phenoxy) is 1. The van der Waals surface area contributed by atoms with Crippen LogP contribution in [0.5, 0.6) is 11.5 Å². The molecule has 0 spiro atoms. The molecule has 0 saturated heterocycles. The summed E-state index contributed by atoms with van der Waals surface area (Å²) in [7, 11) is 1.15. The normalized spacial score (nSPS) is 12.1. The summed E-state index contributed by atoms with van der Waals surface area (Å²) in [6, 6.07) is 12.0. The number of aromatic nitrogens is 2. The number of aryl methyl sites for hydroxylation is 1. The maximum Gasteiger partial charge on any atom is 0.435 e. The molecule has 3 aromatic carbocycles. The van der Waals surface area contributed by atoms with Crippen molar-refractivity contribution in [2.24, 2.45) is 7.05 Å². The molecule has 0 bridgehead atoms. The molecule has 12 heteroatoms. The Hall–Kier alpha value is -3.73. The van der Waals surface area contributed by atoms with Crippen LogP contribution < -0.4 is 4.74 Å². The Labute approximate surface area is 210 Å². The summed E-state index contributed by atoms with van der Waals surface area (Å²) < 4.78 is 102. The summed E-state index contributed by atoms with van der Waals surface area (Å²) in [4.78, 5) is 0. The van der Waals surface area contributed by atoms with E-state index in [2.05, 4.69) is 5.10 Å². The molecule has 0 saturated carbocycles. The minimum absolute atomic E-state index is 0.0982. The van der Waals surface area contributed by atoms with E-state index in [0.717, 1.165) is 29.4 Å². The molecule has 37 heavy (non-hydrogen) atoms. The third-order valence-corrected chi connectivity index (χ3v) is 5.67. The van der Waals surface area contributed by atoms with Gasteiger partial charge < -0.3 is 9.84 Å². The van der Waals surface area contributed by atoms with E-state index in [-0.39, 0.29) is 29.7 Å². The van der Waals surface area contributed by atoms with Gasteiger partial charge >= 0.3 is 12.4 Å². The molecular formula is C25H16ClF7N2O2. The quantitative estimate of drug-likeness (QED) is 0.260. The van der Waals surface area contributed by atoms with E-state index in [1.807, 2.05) is 0 Å². The number of aromatic hydroxyl groups is 1. The average Bonchev–Trinajstić information content (AvgIpc) is 3.16. The number of halogens is 8. The lowest BCUT2D eigenvalue weighted by Crippen LogP contribution is -2.10. The lowest BCUT2D eigenvalue weighted by Gasteiger charge is -2.14. The number of phenols is 1. The van der Waals surface area contributed by atoms with E-state index in [4.69, 9.17) is 16.3 Å². The van der Waals surface area contributed by atoms with Crippen LogP contribution in [0, 0.1) is 5.82 Å². The summed E-state index contributed by atoms with van der Waals surface area (Å²) in [5.41, 5.74) is -4.27. The van der Waals surface area contributed by atoms with Gasteiger partial charge in [-0.1, -0.05) is 29.8 Å². The monoisotopic (exact) mass is 544 g/mol. The molecule has 0 fully saturated rings. The second-order valence-corrected chi connectivity index (χ2v) is 8.42. The standard InChI is InChI=1S/C25H16ClF7N2O2/c1-35-22(17-8-7-16(11-20(17)36)37-12-13-2-5-15(26)6-3-13)21(23(34-35)25(31,32)33)14-4-9-19(27)18(10-14)24(28,29)30/h2-11,36H,12H2,1H3. The highest BCUT2D eigenvalue weighted by atomic mass is 35.5. The van der Waals surface area contributed by atoms with Gasteiger partial charge in [0.05, 0.1) is 11.3 Å². The van der Waals surface area contributed by atoms with Gasteiger partial charge in [0.25, 0.3) is 0 Å². The number of hydrogen-bond acceptors (Lipinski definition) is 3. The molecule has 0 atom stereocenters. The van der Waals surface area contributed by atoms with Crippen molar-refractivity contribution >= 4 is 11.6 Å². The maximum atomic E-state index is 13.8. The van der Waals surface area contributed by atoms with E-state index in [1.165, 1.54) is 12.1 Å². The number of hydrogen-bond donors (Lipinski definition) is 1. The van der Waals surface area contributed by atoms with E-state index in [1.54, 1.807) is 24.3 Å². The zero-order chi connectivity index (χ0) is 27.1. The van der Waals surface area contributed by atoms with Crippen LogP contribution in [0.4, 0.5) is 30.7 Å². The molecule has 194 valence electrons. The minimum atomic E-state index is -5.15. The number of alkyl halides is 6. The third-order valence-electron chi connectivity index (χ3n) is 5.42. The fourth-order valence-electron chi connectivity index (χ4n) is 3.75. The van der Waals surface area contributed by atoms with Crippen molar-refractivity contribution in [3.63, 3.8) is 0 Å². The minimum Gasteiger partial charge on any atom is -0.507 e. The van der Waals surface area contributed by atoms with Crippen molar-refractivity contribution in [2.45, 2.75) is 19.0 Å². The van der Waals surface area contributed by atoms with E-state index in [0.29, 0.717) is 11.1 Å². The largest absolute Gasteiger partial charge is 0.507 e. The molecule has 1 N–H and O–H groups in total. The Bertz CT molecular complexity index is 1450. The molecule has 0 aliphatic carbocycles. The zero-order valence-corrected chi connectivity index (χ0v) is 19.5. The predicted octanol–water partition coefficient (Wildman–Crippen LogP) is 7.87. The fourth-order valence-corrected chi connectivity index (χ4v) is 3.88. The van der Waals surface area contributed by atoms with Crippen LogP contribution in [0.25, 0.3) is 22.4 Å². The molecule has 0 amide bonds. The van der Waals surface area contributed by atoms with Gasteiger partial charge in [0.2, 0.25) is 0 Å². The second kappa shape index (κ2) is 9.62. The SMILES string of the molecule is Cn1nc(C(F)(F)F)c(-c2ccc(F)c(C(F)(F)F)c2)c1-c1ccc(OCc2ccc(Cl)cc2)cc1O. The first kappa shape index (κ1) is 26.3. The molecule has 1 aromatic heterocycles. The molecule has 4 nitrogen and oxygen atoms in total. The molecule has 0 aliphatic rings. The van der Waals surface area contributed by atoms with Gasteiger partial charge in [0.1, 0.15) is 23.9 Å². The Morgan fingerprint density at radius 2 is 1.59 bits per heavy atom. The van der Waals surface area contributed by atoms with Crippen LogP contribution in [0.3, 0.4) is 0 Å². The van der Waals surface area contributed by atoms with Crippen molar-refractivity contribution in [1.82, 2.24) is 9.78 Å². The molecule has 4 rings (SSSR count). The number of phenolic OH excluding ortho intramolecular Hbond substituents is 1. The summed E-state index contributed by atoms with van der Waals surface area (Å²) in [5.74, 6) is -1.97. The van der Waals surface area contributed by atoms with Crippen LogP contribution in [-0.2, 0) is 26.0 Å². The van der Waals surface area contributed by atoms with Crippen molar-refractivity contribution in [2.75, 3.05) is 0 Å². The first-order valence-electron chi connectivity index (χ1n) is 10.5. The first-order chi connectivity index (χ1) is 17.3. The van der Waals surface area contributed by atoms with E-state index in [9.17, 15) is 35.8 Å². The highest BCUT2D eigenvalue weighted by Crippen LogP contribution is 2.46. The third kappa shape index (κ3) is 5.51. The van der Waals surface area contributed by atoms with Gasteiger partial charge in [-0.15, -0.1) is 0 Å². The number of nitrogens with zero attached hydrogens (tertiary/aromatic N) is 2. The molecule has 1 heterocycles. The fraction of sp³-hybridized carbons (Fsp3) is 0.160. The molecular weight excluding hydrogens is 529 g/mol. The predicted molar refractivity (Wildman–Crippen MR) is 121 cm³/mol. The molecule has 0 unspecified atom stereocenters. The first-order valence-corrected chi connectivity index (χ1v) is 10.9. The lowest BCUT2D eigenvalue weighted by molar-refractivity contribution is -0.141. The van der Waals surface area contributed by atoms with Crippen molar-refractivity contribution in [1.29, 1.82) is 0 Å². The van der Waals surface area contributed by atoms with Gasteiger partial charge in [-0.05, 0) is 47.5 Å². The maximum absolute atomic E-state index is 13.8. The Morgan fingerprint density at radius 1 is 0.919 bits per heavy atom.